The third-order valence-corrected chi connectivity index (χ3v) is 5.40. The molecule has 0 N–H and O–H groups in total. The number of nitrogens with zero attached hydrogens (tertiary/aromatic N) is 1. The van der Waals surface area contributed by atoms with E-state index in [1.165, 1.54) is 36.7 Å². The standard InChI is InChI=1S/C18H22FNOS2/c1-3-5-6-13(4-2)12-20-17(21)16(23-18(20)22)11-14-7-9-15(19)10-8-14/h7-11,13H,3-6,12H2,1-2H3/b16-11-/t13-/m0/s1. The highest BCUT2D eigenvalue weighted by atomic mass is 32.2. The maximum atomic E-state index is 13.0. The summed E-state index contributed by atoms with van der Waals surface area (Å²) in [6.07, 6.45) is 6.30. The monoisotopic (exact) mass is 351 g/mol. The van der Waals surface area contributed by atoms with E-state index in [0.29, 0.717) is 21.7 Å². The number of carbonyl (C=O) groups is 1. The van der Waals surface area contributed by atoms with Crippen LogP contribution in [0.4, 0.5) is 4.39 Å². The van der Waals surface area contributed by atoms with E-state index in [1.807, 2.05) is 0 Å². The molecule has 23 heavy (non-hydrogen) atoms. The average Bonchev–Trinajstić information content (AvgIpc) is 2.80. The van der Waals surface area contributed by atoms with E-state index in [0.717, 1.165) is 18.4 Å². The van der Waals surface area contributed by atoms with Crippen molar-refractivity contribution in [2.45, 2.75) is 39.5 Å². The van der Waals surface area contributed by atoms with Crippen LogP contribution in [0.1, 0.15) is 45.1 Å². The molecular formula is C18H22FNOS2. The normalized spacial score (nSPS) is 18.0. The second-order valence-corrected chi connectivity index (χ2v) is 7.44. The van der Waals surface area contributed by atoms with Crippen LogP contribution in [0.15, 0.2) is 29.2 Å². The zero-order chi connectivity index (χ0) is 16.8. The van der Waals surface area contributed by atoms with Gasteiger partial charge < -0.3 is 0 Å². The highest BCUT2D eigenvalue weighted by Gasteiger charge is 2.33. The van der Waals surface area contributed by atoms with Gasteiger partial charge in [-0.25, -0.2) is 4.39 Å². The topological polar surface area (TPSA) is 20.3 Å². The van der Waals surface area contributed by atoms with Gasteiger partial charge in [-0.05, 0) is 36.1 Å². The van der Waals surface area contributed by atoms with Crippen molar-refractivity contribution in [3.05, 3.63) is 40.6 Å². The molecule has 0 unspecified atom stereocenters. The first-order valence-electron chi connectivity index (χ1n) is 8.06. The van der Waals surface area contributed by atoms with Crippen molar-refractivity contribution in [1.82, 2.24) is 4.90 Å². The molecule has 0 aromatic heterocycles. The number of benzene rings is 1. The molecule has 1 aliphatic heterocycles. The van der Waals surface area contributed by atoms with E-state index in [1.54, 1.807) is 23.1 Å². The predicted octanol–water partition coefficient (Wildman–Crippen LogP) is 5.24. The number of amides is 1. The Morgan fingerprint density at radius 1 is 1.30 bits per heavy atom. The Kier molecular flexibility index (Phi) is 6.78. The molecular weight excluding hydrogens is 329 g/mol. The van der Waals surface area contributed by atoms with Gasteiger partial charge in [0.25, 0.3) is 5.91 Å². The molecule has 124 valence electrons. The Hall–Kier alpha value is -1.20. The first-order valence-corrected chi connectivity index (χ1v) is 9.28. The van der Waals surface area contributed by atoms with Gasteiger partial charge in [-0.2, -0.15) is 0 Å². The van der Waals surface area contributed by atoms with Crippen LogP contribution in [0.3, 0.4) is 0 Å². The summed E-state index contributed by atoms with van der Waals surface area (Å²) in [6, 6.07) is 6.12. The summed E-state index contributed by atoms with van der Waals surface area (Å²) in [5, 5.41) is 0. The van der Waals surface area contributed by atoms with Crippen molar-refractivity contribution in [3.8, 4) is 0 Å². The van der Waals surface area contributed by atoms with Crippen LogP contribution in [0.5, 0.6) is 0 Å². The Morgan fingerprint density at radius 2 is 2.00 bits per heavy atom. The lowest BCUT2D eigenvalue weighted by molar-refractivity contribution is -0.122. The number of hydrogen-bond donors (Lipinski definition) is 0. The molecule has 0 bridgehead atoms. The number of unbranched alkanes of at least 4 members (excludes halogenated alkanes) is 1. The van der Waals surface area contributed by atoms with Crippen LogP contribution >= 0.6 is 24.0 Å². The first kappa shape index (κ1) is 18.1. The maximum Gasteiger partial charge on any atom is 0.266 e. The SMILES string of the molecule is CCCC[C@H](CC)CN1C(=O)/C(=C/c2ccc(F)cc2)SC1=S. The highest BCUT2D eigenvalue weighted by molar-refractivity contribution is 8.26. The maximum absolute atomic E-state index is 13.0. The number of rotatable bonds is 7. The van der Waals surface area contributed by atoms with E-state index in [9.17, 15) is 9.18 Å². The largest absolute Gasteiger partial charge is 0.293 e. The smallest absolute Gasteiger partial charge is 0.266 e. The molecule has 0 aliphatic carbocycles. The Bertz CT molecular complexity index is 598. The van der Waals surface area contributed by atoms with Gasteiger partial charge >= 0.3 is 0 Å². The summed E-state index contributed by atoms with van der Waals surface area (Å²) in [5.41, 5.74) is 0.810. The molecule has 1 aliphatic rings. The van der Waals surface area contributed by atoms with Crippen LogP contribution in [-0.4, -0.2) is 21.7 Å². The molecule has 2 nitrogen and oxygen atoms in total. The van der Waals surface area contributed by atoms with Crippen molar-refractivity contribution >= 4 is 40.3 Å². The van der Waals surface area contributed by atoms with Gasteiger partial charge in [-0.3, -0.25) is 9.69 Å². The van der Waals surface area contributed by atoms with Crippen LogP contribution < -0.4 is 0 Å². The van der Waals surface area contributed by atoms with E-state index in [-0.39, 0.29) is 11.7 Å². The summed E-state index contributed by atoms with van der Waals surface area (Å²) >= 11 is 6.71. The zero-order valence-corrected chi connectivity index (χ0v) is 15.2. The fraction of sp³-hybridized carbons (Fsp3) is 0.444. The molecule has 1 heterocycles. The molecule has 1 amide bonds. The van der Waals surface area contributed by atoms with E-state index in [2.05, 4.69) is 13.8 Å². The average molecular weight is 352 g/mol. The van der Waals surface area contributed by atoms with Crippen molar-refractivity contribution < 1.29 is 9.18 Å². The van der Waals surface area contributed by atoms with Crippen LogP contribution in [-0.2, 0) is 4.79 Å². The van der Waals surface area contributed by atoms with E-state index >= 15 is 0 Å². The predicted molar refractivity (Wildman–Crippen MR) is 99.6 cm³/mol. The summed E-state index contributed by atoms with van der Waals surface area (Å²) in [7, 11) is 0. The van der Waals surface area contributed by atoms with Gasteiger partial charge in [0.15, 0.2) is 0 Å². The second kappa shape index (κ2) is 8.60. The molecule has 1 atom stereocenters. The Balaban J connectivity index is 2.08. The molecule has 1 saturated heterocycles. The van der Waals surface area contributed by atoms with Gasteiger partial charge in [-0.15, -0.1) is 0 Å². The van der Waals surface area contributed by atoms with Crippen LogP contribution in [0.2, 0.25) is 0 Å². The number of thioether (sulfide) groups is 1. The fourth-order valence-corrected chi connectivity index (χ4v) is 3.82. The van der Waals surface area contributed by atoms with Gasteiger partial charge in [0.05, 0.1) is 4.91 Å². The van der Waals surface area contributed by atoms with Gasteiger partial charge in [0, 0.05) is 6.54 Å². The Labute approximate surface area is 147 Å². The van der Waals surface area contributed by atoms with E-state index in [4.69, 9.17) is 12.2 Å². The molecule has 1 aromatic carbocycles. The third-order valence-electron chi connectivity index (χ3n) is 4.03. The molecule has 0 spiro atoms. The summed E-state index contributed by atoms with van der Waals surface area (Å²) in [5.74, 6) is 0.179. The zero-order valence-electron chi connectivity index (χ0n) is 13.5. The molecule has 1 fully saturated rings. The van der Waals surface area contributed by atoms with Crippen LogP contribution in [0, 0.1) is 11.7 Å². The lowest BCUT2D eigenvalue weighted by Gasteiger charge is -2.21. The minimum absolute atomic E-state index is 0.0285. The minimum atomic E-state index is -0.281. The van der Waals surface area contributed by atoms with Gasteiger partial charge in [-0.1, -0.05) is 69.2 Å². The fourth-order valence-electron chi connectivity index (χ4n) is 2.54. The Morgan fingerprint density at radius 3 is 2.61 bits per heavy atom. The summed E-state index contributed by atoms with van der Waals surface area (Å²) in [4.78, 5) is 14.9. The van der Waals surface area contributed by atoms with Crippen molar-refractivity contribution in [2.24, 2.45) is 5.92 Å². The number of thiocarbonyl (C=S) groups is 1. The third kappa shape index (κ3) is 4.88. The molecule has 2 rings (SSSR count). The number of carbonyl (C=O) groups excluding carboxylic acids is 1. The lowest BCUT2D eigenvalue weighted by atomic mass is 9.99. The minimum Gasteiger partial charge on any atom is -0.293 e. The second-order valence-electron chi connectivity index (χ2n) is 5.76. The van der Waals surface area contributed by atoms with Gasteiger partial charge in [0.1, 0.15) is 10.1 Å². The molecule has 0 saturated carbocycles. The van der Waals surface area contributed by atoms with Crippen molar-refractivity contribution in [3.63, 3.8) is 0 Å². The first-order chi connectivity index (χ1) is 11.0. The van der Waals surface area contributed by atoms with Crippen molar-refractivity contribution in [2.75, 3.05) is 6.54 Å². The molecule has 5 heteroatoms. The molecule has 1 aromatic rings. The quantitative estimate of drug-likeness (QED) is 0.495. The summed E-state index contributed by atoms with van der Waals surface area (Å²) < 4.78 is 13.6. The number of hydrogen-bond acceptors (Lipinski definition) is 3. The van der Waals surface area contributed by atoms with Crippen LogP contribution in [0.25, 0.3) is 6.08 Å². The molecule has 0 radical (unpaired) electrons. The van der Waals surface area contributed by atoms with E-state index < -0.39 is 0 Å². The number of halogens is 1. The van der Waals surface area contributed by atoms with Crippen molar-refractivity contribution in [1.29, 1.82) is 0 Å². The summed E-state index contributed by atoms with van der Waals surface area (Å²) in [6.45, 7) is 5.03. The van der Waals surface area contributed by atoms with Gasteiger partial charge in [0.2, 0.25) is 0 Å². The highest BCUT2D eigenvalue weighted by Crippen LogP contribution is 2.33. The lowest BCUT2D eigenvalue weighted by Crippen LogP contribution is -2.33.